The molecule has 8 heteroatoms. The lowest BCUT2D eigenvalue weighted by Gasteiger charge is -2.06. The Labute approximate surface area is 179 Å². The number of hydrogen-bond donors (Lipinski definition) is 2. The van der Waals surface area contributed by atoms with Crippen molar-refractivity contribution in [3.63, 3.8) is 0 Å². The van der Waals surface area contributed by atoms with Crippen LogP contribution in [-0.2, 0) is 6.61 Å². The van der Waals surface area contributed by atoms with Gasteiger partial charge in [-0.05, 0) is 49.7 Å². The Kier molecular flexibility index (Phi) is 7.51. The highest BCUT2D eigenvalue weighted by molar-refractivity contribution is 7.13. The van der Waals surface area contributed by atoms with Gasteiger partial charge in [0.05, 0.1) is 0 Å². The third-order valence-electron chi connectivity index (χ3n) is 4.27. The van der Waals surface area contributed by atoms with Gasteiger partial charge in [0.15, 0.2) is 5.01 Å². The van der Waals surface area contributed by atoms with Gasteiger partial charge in [0, 0.05) is 17.8 Å². The summed E-state index contributed by atoms with van der Waals surface area (Å²) in [6, 6.07) is 14.4. The lowest BCUT2D eigenvalue weighted by atomic mass is 10.2. The first-order chi connectivity index (χ1) is 14.5. The maximum absolute atomic E-state index is 12.4. The van der Waals surface area contributed by atoms with Crippen LogP contribution in [0.3, 0.4) is 0 Å². The van der Waals surface area contributed by atoms with E-state index in [4.69, 9.17) is 4.74 Å². The van der Waals surface area contributed by atoms with E-state index in [1.807, 2.05) is 31.2 Å². The summed E-state index contributed by atoms with van der Waals surface area (Å²) >= 11 is 1.18. The first kappa shape index (κ1) is 21.4. The predicted molar refractivity (Wildman–Crippen MR) is 117 cm³/mol. The molecule has 3 aromatic rings. The van der Waals surface area contributed by atoms with Crippen molar-refractivity contribution in [3.05, 3.63) is 69.7 Å². The number of hydrogen-bond acceptors (Lipinski definition) is 6. The third-order valence-corrected chi connectivity index (χ3v) is 5.16. The SMILES string of the molecule is CCCCNC(=O)c1ccc(NC(=O)c2nnc(COc3ccc(C)cc3)s2)cc1. The van der Waals surface area contributed by atoms with Gasteiger partial charge >= 0.3 is 0 Å². The van der Waals surface area contributed by atoms with Crippen molar-refractivity contribution in [2.75, 3.05) is 11.9 Å². The van der Waals surface area contributed by atoms with E-state index in [0.29, 0.717) is 22.8 Å². The Hall–Kier alpha value is -3.26. The van der Waals surface area contributed by atoms with Crippen molar-refractivity contribution in [2.45, 2.75) is 33.3 Å². The molecule has 1 heterocycles. The fourth-order valence-electron chi connectivity index (χ4n) is 2.55. The first-order valence-corrected chi connectivity index (χ1v) is 10.6. The zero-order valence-corrected chi connectivity index (χ0v) is 17.8. The number of amides is 2. The lowest BCUT2D eigenvalue weighted by Crippen LogP contribution is -2.24. The molecule has 0 saturated heterocycles. The van der Waals surface area contributed by atoms with Crippen LogP contribution < -0.4 is 15.4 Å². The van der Waals surface area contributed by atoms with Crippen LogP contribution in [0.5, 0.6) is 5.75 Å². The van der Waals surface area contributed by atoms with E-state index in [2.05, 4.69) is 27.8 Å². The molecule has 156 valence electrons. The smallest absolute Gasteiger partial charge is 0.286 e. The highest BCUT2D eigenvalue weighted by atomic mass is 32.1. The summed E-state index contributed by atoms with van der Waals surface area (Å²) in [6.07, 6.45) is 1.97. The highest BCUT2D eigenvalue weighted by Crippen LogP contribution is 2.17. The number of aromatic nitrogens is 2. The topological polar surface area (TPSA) is 93.2 Å². The summed E-state index contributed by atoms with van der Waals surface area (Å²) in [5, 5.41) is 14.4. The van der Waals surface area contributed by atoms with Gasteiger partial charge in [-0.25, -0.2) is 0 Å². The highest BCUT2D eigenvalue weighted by Gasteiger charge is 2.14. The Morgan fingerprint density at radius 2 is 1.73 bits per heavy atom. The van der Waals surface area contributed by atoms with Gasteiger partial charge in [-0.2, -0.15) is 0 Å². The van der Waals surface area contributed by atoms with E-state index in [1.165, 1.54) is 11.3 Å². The van der Waals surface area contributed by atoms with Crippen molar-refractivity contribution in [1.29, 1.82) is 0 Å². The van der Waals surface area contributed by atoms with Crippen LogP contribution in [0.1, 0.15) is 50.5 Å². The van der Waals surface area contributed by atoms with Crippen LogP contribution in [0.25, 0.3) is 0 Å². The quantitative estimate of drug-likeness (QED) is 0.502. The van der Waals surface area contributed by atoms with E-state index in [0.717, 1.165) is 24.2 Å². The normalized spacial score (nSPS) is 10.5. The second kappa shape index (κ2) is 10.5. The zero-order valence-electron chi connectivity index (χ0n) is 17.0. The molecule has 0 bridgehead atoms. The zero-order chi connectivity index (χ0) is 21.3. The molecular formula is C22H24N4O3S. The van der Waals surface area contributed by atoms with Crippen LogP contribution in [0, 0.1) is 6.92 Å². The minimum atomic E-state index is -0.353. The summed E-state index contributed by atoms with van der Waals surface area (Å²) < 4.78 is 5.67. The number of ether oxygens (including phenoxy) is 1. The molecule has 0 aliphatic carbocycles. The van der Waals surface area contributed by atoms with Crippen molar-refractivity contribution in [1.82, 2.24) is 15.5 Å². The molecule has 0 aliphatic heterocycles. The second-order valence-electron chi connectivity index (χ2n) is 6.74. The Balaban J connectivity index is 1.52. The molecule has 7 nitrogen and oxygen atoms in total. The number of benzene rings is 2. The molecule has 0 atom stereocenters. The minimum Gasteiger partial charge on any atom is -0.486 e. The molecule has 2 aromatic carbocycles. The van der Waals surface area contributed by atoms with Gasteiger partial charge in [0.1, 0.15) is 12.4 Å². The maximum atomic E-state index is 12.4. The Morgan fingerprint density at radius 1 is 1.00 bits per heavy atom. The summed E-state index contributed by atoms with van der Waals surface area (Å²) in [4.78, 5) is 24.4. The van der Waals surface area contributed by atoms with Crippen molar-refractivity contribution in [3.8, 4) is 5.75 Å². The van der Waals surface area contributed by atoms with Gasteiger partial charge in [-0.3, -0.25) is 9.59 Å². The molecule has 0 spiro atoms. The molecule has 3 rings (SSSR count). The monoisotopic (exact) mass is 424 g/mol. The van der Waals surface area contributed by atoms with Crippen molar-refractivity contribution in [2.24, 2.45) is 0 Å². The van der Waals surface area contributed by atoms with Crippen LogP contribution in [0.2, 0.25) is 0 Å². The fraction of sp³-hybridized carbons (Fsp3) is 0.273. The summed E-state index contributed by atoms with van der Waals surface area (Å²) in [5.41, 5.74) is 2.29. The molecule has 0 radical (unpaired) electrons. The standard InChI is InChI=1S/C22H24N4O3S/c1-3-4-13-23-20(27)16-7-9-17(10-8-16)24-21(28)22-26-25-19(30-22)14-29-18-11-5-15(2)6-12-18/h5-12H,3-4,13-14H2,1-2H3,(H,23,27)(H,24,28). The molecule has 0 unspecified atom stereocenters. The van der Waals surface area contributed by atoms with Gasteiger partial charge in [-0.1, -0.05) is 42.4 Å². The molecule has 0 saturated carbocycles. The number of nitrogens with one attached hydrogen (secondary N) is 2. The number of carbonyl (C=O) groups excluding carboxylic acids is 2. The number of rotatable bonds is 9. The second-order valence-corrected chi connectivity index (χ2v) is 7.81. The van der Waals surface area contributed by atoms with E-state index >= 15 is 0 Å². The summed E-state index contributed by atoms with van der Waals surface area (Å²) in [7, 11) is 0. The Bertz CT molecular complexity index is 984. The number of nitrogens with zero attached hydrogens (tertiary/aromatic N) is 2. The largest absolute Gasteiger partial charge is 0.486 e. The molecule has 1 aromatic heterocycles. The lowest BCUT2D eigenvalue weighted by molar-refractivity contribution is 0.0952. The average Bonchev–Trinajstić information content (AvgIpc) is 3.23. The average molecular weight is 425 g/mol. The molecule has 30 heavy (non-hydrogen) atoms. The summed E-state index contributed by atoms with van der Waals surface area (Å²) in [6.45, 7) is 4.98. The van der Waals surface area contributed by atoms with E-state index in [1.54, 1.807) is 24.3 Å². The maximum Gasteiger partial charge on any atom is 0.286 e. The third kappa shape index (κ3) is 6.12. The van der Waals surface area contributed by atoms with Gasteiger partial charge in [0.25, 0.3) is 11.8 Å². The first-order valence-electron chi connectivity index (χ1n) is 9.76. The number of anilines is 1. The Morgan fingerprint density at radius 3 is 2.43 bits per heavy atom. The minimum absolute atomic E-state index is 0.122. The molecular weight excluding hydrogens is 400 g/mol. The van der Waals surface area contributed by atoms with Crippen molar-refractivity contribution >= 4 is 28.8 Å². The molecule has 2 amide bonds. The van der Waals surface area contributed by atoms with Gasteiger partial charge < -0.3 is 15.4 Å². The van der Waals surface area contributed by atoms with Crippen molar-refractivity contribution < 1.29 is 14.3 Å². The number of unbranched alkanes of at least 4 members (excludes halogenated alkanes) is 1. The fourth-order valence-corrected chi connectivity index (χ4v) is 3.20. The van der Waals surface area contributed by atoms with Gasteiger partial charge in [-0.15, -0.1) is 10.2 Å². The van der Waals surface area contributed by atoms with Crippen LogP contribution in [0.4, 0.5) is 5.69 Å². The van der Waals surface area contributed by atoms with E-state index in [-0.39, 0.29) is 23.4 Å². The molecule has 0 aliphatic rings. The van der Waals surface area contributed by atoms with E-state index < -0.39 is 0 Å². The molecule has 0 fully saturated rings. The predicted octanol–water partition coefficient (Wildman–Crippen LogP) is 4.21. The molecule has 2 N–H and O–H groups in total. The summed E-state index contributed by atoms with van der Waals surface area (Å²) in [5.74, 6) is 0.263. The van der Waals surface area contributed by atoms with E-state index in [9.17, 15) is 9.59 Å². The van der Waals surface area contributed by atoms with Crippen LogP contribution >= 0.6 is 11.3 Å². The number of aryl methyl sites for hydroxylation is 1. The van der Waals surface area contributed by atoms with Crippen LogP contribution in [-0.4, -0.2) is 28.6 Å². The number of carbonyl (C=O) groups is 2. The van der Waals surface area contributed by atoms with Crippen LogP contribution in [0.15, 0.2) is 48.5 Å². The van der Waals surface area contributed by atoms with Gasteiger partial charge in [0.2, 0.25) is 5.01 Å².